The SMILES string of the molecule is COc1cc(-c2ccc3c(c2)CC[C@H](C)N3C(=O)c2ccc(O)cc2O)cnc1OC. The molecule has 0 bridgehead atoms. The zero-order valence-corrected chi connectivity index (χ0v) is 17.6. The van der Waals surface area contributed by atoms with Gasteiger partial charge in [0.2, 0.25) is 0 Å². The van der Waals surface area contributed by atoms with Gasteiger partial charge >= 0.3 is 0 Å². The summed E-state index contributed by atoms with van der Waals surface area (Å²) < 4.78 is 10.6. The van der Waals surface area contributed by atoms with Gasteiger partial charge in [-0.2, -0.15) is 0 Å². The van der Waals surface area contributed by atoms with Gasteiger partial charge in [-0.15, -0.1) is 0 Å². The van der Waals surface area contributed by atoms with Gasteiger partial charge in [-0.05, 0) is 61.2 Å². The highest BCUT2D eigenvalue weighted by atomic mass is 16.5. The number of fused-ring (bicyclic) bond motifs is 1. The minimum atomic E-state index is -0.300. The molecule has 2 aromatic carbocycles. The smallest absolute Gasteiger partial charge is 0.262 e. The highest BCUT2D eigenvalue weighted by molar-refractivity contribution is 6.09. The number of methoxy groups -OCH3 is 2. The van der Waals surface area contributed by atoms with Crippen molar-refractivity contribution in [2.24, 2.45) is 0 Å². The van der Waals surface area contributed by atoms with Crippen LogP contribution in [0.4, 0.5) is 5.69 Å². The van der Waals surface area contributed by atoms with E-state index >= 15 is 0 Å². The minimum Gasteiger partial charge on any atom is -0.508 e. The number of anilines is 1. The summed E-state index contributed by atoms with van der Waals surface area (Å²) in [4.78, 5) is 19.3. The lowest BCUT2D eigenvalue weighted by Crippen LogP contribution is -2.42. The first-order chi connectivity index (χ1) is 14.9. The third-order valence-electron chi connectivity index (χ3n) is 5.61. The number of hydrogen-bond donors (Lipinski definition) is 2. The number of carbonyl (C=O) groups excluding carboxylic acids is 1. The molecule has 0 spiro atoms. The van der Waals surface area contributed by atoms with Crippen LogP contribution in [0.1, 0.15) is 29.3 Å². The number of amides is 1. The zero-order chi connectivity index (χ0) is 22.1. The first kappa shape index (κ1) is 20.5. The Morgan fingerprint density at radius 3 is 2.58 bits per heavy atom. The lowest BCUT2D eigenvalue weighted by atomic mass is 9.92. The Hall–Kier alpha value is -3.74. The van der Waals surface area contributed by atoms with Gasteiger partial charge in [0.25, 0.3) is 11.8 Å². The second-order valence-electron chi connectivity index (χ2n) is 7.54. The Bertz CT molecular complexity index is 1140. The van der Waals surface area contributed by atoms with Crippen molar-refractivity contribution in [1.82, 2.24) is 4.98 Å². The van der Waals surface area contributed by atoms with Crippen LogP contribution in [0.3, 0.4) is 0 Å². The number of rotatable bonds is 4. The molecule has 0 fully saturated rings. The van der Waals surface area contributed by atoms with E-state index in [-0.39, 0.29) is 29.0 Å². The van der Waals surface area contributed by atoms with E-state index in [9.17, 15) is 15.0 Å². The van der Waals surface area contributed by atoms with E-state index in [1.54, 1.807) is 25.3 Å². The molecule has 0 aliphatic carbocycles. The molecule has 7 nitrogen and oxygen atoms in total. The van der Waals surface area contributed by atoms with Crippen molar-refractivity contribution in [3.8, 4) is 34.3 Å². The zero-order valence-electron chi connectivity index (χ0n) is 17.6. The van der Waals surface area contributed by atoms with Gasteiger partial charge in [-0.1, -0.05) is 6.07 Å². The molecule has 3 aromatic rings. The van der Waals surface area contributed by atoms with Crippen molar-refractivity contribution in [1.29, 1.82) is 0 Å². The molecule has 0 saturated carbocycles. The second kappa shape index (κ2) is 8.18. The van der Waals surface area contributed by atoms with Crippen molar-refractivity contribution in [2.75, 3.05) is 19.1 Å². The van der Waals surface area contributed by atoms with E-state index in [1.165, 1.54) is 18.2 Å². The van der Waals surface area contributed by atoms with Gasteiger partial charge in [0.05, 0.1) is 19.8 Å². The van der Waals surface area contributed by atoms with Gasteiger partial charge < -0.3 is 24.6 Å². The van der Waals surface area contributed by atoms with Gasteiger partial charge in [0.15, 0.2) is 5.75 Å². The first-order valence-electron chi connectivity index (χ1n) is 9.99. The Morgan fingerprint density at radius 1 is 1.06 bits per heavy atom. The van der Waals surface area contributed by atoms with Crippen molar-refractivity contribution < 1.29 is 24.5 Å². The van der Waals surface area contributed by atoms with Crippen LogP contribution in [0.15, 0.2) is 48.7 Å². The third kappa shape index (κ3) is 3.74. The number of hydrogen-bond acceptors (Lipinski definition) is 6. The summed E-state index contributed by atoms with van der Waals surface area (Å²) in [6, 6.07) is 11.8. The van der Waals surface area contributed by atoms with E-state index < -0.39 is 0 Å². The Morgan fingerprint density at radius 2 is 1.87 bits per heavy atom. The Labute approximate surface area is 180 Å². The Kier molecular flexibility index (Phi) is 5.42. The number of aryl methyl sites for hydroxylation is 1. The normalized spacial score (nSPS) is 15.3. The van der Waals surface area contributed by atoms with Crippen LogP contribution >= 0.6 is 0 Å². The predicted molar refractivity (Wildman–Crippen MR) is 117 cm³/mol. The van der Waals surface area contributed by atoms with E-state index in [1.807, 2.05) is 25.1 Å². The number of benzene rings is 2. The van der Waals surface area contributed by atoms with E-state index in [2.05, 4.69) is 11.1 Å². The molecule has 0 radical (unpaired) electrons. The molecule has 2 heterocycles. The van der Waals surface area contributed by atoms with E-state index in [0.717, 1.165) is 35.2 Å². The average Bonchev–Trinajstić information content (AvgIpc) is 2.77. The van der Waals surface area contributed by atoms with Crippen LogP contribution in [0.5, 0.6) is 23.1 Å². The van der Waals surface area contributed by atoms with Crippen LogP contribution in [-0.2, 0) is 6.42 Å². The third-order valence-corrected chi connectivity index (χ3v) is 5.61. The number of ether oxygens (including phenoxy) is 2. The largest absolute Gasteiger partial charge is 0.508 e. The van der Waals surface area contributed by atoms with Gasteiger partial charge in [-0.3, -0.25) is 4.79 Å². The maximum Gasteiger partial charge on any atom is 0.262 e. The lowest BCUT2D eigenvalue weighted by Gasteiger charge is -2.35. The van der Waals surface area contributed by atoms with Gasteiger partial charge in [-0.25, -0.2) is 4.98 Å². The van der Waals surface area contributed by atoms with Crippen LogP contribution < -0.4 is 14.4 Å². The van der Waals surface area contributed by atoms with Crippen LogP contribution in [-0.4, -0.2) is 41.4 Å². The maximum atomic E-state index is 13.3. The van der Waals surface area contributed by atoms with E-state index in [4.69, 9.17) is 9.47 Å². The topological polar surface area (TPSA) is 92.1 Å². The molecule has 1 atom stereocenters. The monoisotopic (exact) mass is 420 g/mol. The summed E-state index contributed by atoms with van der Waals surface area (Å²) in [5, 5.41) is 19.7. The molecule has 160 valence electrons. The second-order valence-corrected chi connectivity index (χ2v) is 7.54. The highest BCUT2D eigenvalue weighted by Crippen LogP contribution is 2.37. The molecule has 4 rings (SSSR count). The van der Waals surface area contributed by atoms with Crippen molar-refractivity contribution >= 4 is 11.6 Å². The van der Waals surface area contributed by atoms with Gasteiger partial charge in [0, 0.05) is 29.6 Å². The van der Waals surface area contributed by atoms with Crippen LogP contribution in [0, 0.1) is 0 Å². The fraction of sp³-hybridized carbons (Fsp3) is 0.250. The quantitative estimate of drug-likeness (QED) is 0.659. The number of phenolic OH excluding ortho intramolecular Hbond substituents is 2. The fourth-order valence-electron chi connectivity index (χ4n) is 3.96. The Balaban J connectivity index is 1.72. The summed E-state index contributed by atoms with van der Waals surface area (Å²) in [5.41, 5.74) is 3.85. The highest BCUT2D eigenvalue weighted by Gasteiger charge is 2.30. The minimum absolute atomic E-state index is 0.0261. The number of nitrogens with zero attached hydrogens (tertiary/aromatic N) is 2. The van der Waals surface area contributed by atoms with Gasteiger partial charge in [0.1, 0.15) is 11.5 Å². The fourth-order valence-corrected chi connectivity index (χ4v) is 3.96. The van der Waals surface area contributed by atoms with Crippen LogP contribution in [0.2, 0.25) is 0 Å². The first-order valence-corrected chi connectivity index (χ1v) is 9.99. The molecule has 0 unspecified atom stereocenters. The molecule has 2 N–H and O–H groups in total. The predicted octanol–water partition coefficient (Wildman–Crippen LogP) is 4.16. The molecule has 31 heavy (non-hydrogen) atoms. The molecule has 1 aliphatic heterocycles. The molecule has 1 aromatic heterocycles. The molecule has 0 saturated heterocycles. The molecule has 1 aliphatic rings. The van der Waals surface area contributed by atoms with Crippen molar-refractivity contribution in [3.05, 3.63) is 59.8 Å². The number of phenols is 2. The number of aromatic hydroxyl groups is 2. The van der Waals surface area contributed by atoms with Crippen molar-refractivity contribution in [3.63, 3.8) is 0 Å². The number of pyridine rings is 1. The molecule has 1 amide bonds. The summed E-state index contributed by atoms with van der Waals surface area (Å²) in [6.45, 7) is 1.99. The molecule has 7 heteroatoms. The lowest BCUT2D eigenvalue weighted by molar-refractivity contribution is 0.0972. The van der Waals surface area contributed by atoms with E-state index in [0.29, 0.717) is 11.6 Å². The number of aromatic nitrogens is 1. The summed E-state index contributed by atoms with van der Waals surface area (Å²) in [5.74, 6) is 0.340. The summed E-state index contributed by atoms with van der Waals surface area (Å²) in [7, 11) is 3.11. The summed E-state index contributed by atoms with van der Waals surface area (Å²) in [6.07, 6.45) is 3.35. The summed E-state index contributed by atoms with van der Waals surface area (Å²) >= 11 is 0. The average molecular weight is 420 g/mol. The molecular formula is C24H24N2O5. The standard InChI is InChI=1S/C24H24N2O5/c1-14-4-5-16-10-15(17-11-22(30-2)23(31-3)25-13-17)6-9-20(16)26(14)24(29)19-8-7-18(27)12-21(19)28/h6-14,27-28H,4-5H2,1-3H3/t14-/m0/s1. The maximum absolute atomic E-state index is 13.3. The molecular weight excluding hydrogens is 396 g/mol. The number of carbonyl (C=O) groups is 1. The van der Waals surface area contributed by atoms with Crippen molar-refractivity contribution in [2.45, 2.75) is 25.8 Å². The van der Waals surface area contributed by atoms with Crippen LogP contribution in [0.25, 0.3) is 11.1 Å².